The highest BCUT2D eigenvalue weighted by molar-refractivity contribution is 5.97. The van der Waals surface area contributed by atoms with Crippen LogP contribution >= 0.6 is 0 Å². The summed E-state index contributed by atoms with van der Waals surface area (Å²) in [4.78, 5) is 25.7. The second-order valence-corrected chi connectivity index (χ2v) is 6.01. The second kappa shape index (κ2) is 8.35. The van der Waals surface area contributed by atoms with Crippen molar-refractivity contribution in [3.8, 4) is 11.5 Å². The van der Waals surface area contributed by atoms with Crippen molar-refractivity contribution in [1.29, 1.82) is 0 Å². The standard InChI is InChI=1S/C20H21N3O4/c1-26-17-10-5-14(12-18(17)27-2)13-21-22-20(25)15-6-8-16(9-7-15)23-11-3-4-19(23)24/h5-10,12-13H,3-4,11H2,1-2H3,(H,22,25)/b21-13-. The van der Waals surface area contributed by atoms with Gasteiger partial charge in [-0.3, -0.25) is 9.59 Å². The van der Waals surface area contributed by atoms with E-state index in [2.05, 4.69) is 10.5 Å². The number of anilines is 1. The molecule has 140 valence electrons. The number of carbonyl (C=O) groups excluding carboxylic acids is 2. The van der Waals surface area contributed by atoms with Gasteiger partial charge in [-0.2, -0.15) is 5.10 Å². The van der Waals surface area contributed by atoms with E-state index >= 15 is 0 Å². The van der Waals surface area contributed by atoms with Crippen molar-refractivity contribution >= 4 is 23.7 Å². The molecule has 7 nitrogen and oxygen atoms in total. The first-order valence-electron chi connectivity index (χ1n) is 8.58. The van der Waals surface area contributed by atoms with Gasteiger partial charge in [0.05, 0.1) is 20.4 Å². The Morgan fingerprint density at radius 1 is 1.11 bits per heavy atom. The lowest BCUT2D eigenvalue weighted by atomic mass is 10.2. The SMILES string of the molecule is COc1ccc(/C=N\NC(=O)c2ccc(N3CCCC3=O)cc2)cc1OC. The molecule has 0 bridgehead atoms. The predicted molar refractivity (Wildman–Crippen MR) is 103 cm³/mol. The van der Waals surface area contributed by atoms with Gasteiger partial charge in [-0.05, 0) is 54.4 Å². The van der Waals surface area contributed by atoms with Gasteiger partial charge in [0.25, 0.3) is 5.91 Å². The average molecular weight is 367 g/mol. The van der Waals surface area contributed by atoms with Gasteiger partial charge in [0.2, 0.25) is 5.91 Å². The average Bonchev–Trinajstić information content (AvgIpc) is 3.13. The number of ether oxygens (including phenoxy) is 2. The summed E-state index contributed by atoms with van der Waals surface area (Å²) in [7, 11) is 3.12. The Kier molecular flexibility index (Phi) is 5.71. The molecule has 2 aromatic carbocycles. The van der Waals surface area contributed by atoms with Crippen molar-refractivity contribution in [2.75, 3.05) is 25.7 Å². The first kappa shape index (κ1) is 18.4. The van der Waals surface area contributed by atoms with Crippen molar-refractivity contribution in [3.05, 3.63) is 53.6 Å². The molecule has 3 rings (SSSR count). The minimum absolute atomic E-state index is 0.117. The maximum atomic E-state index is 12.2. The number of rotatable bonds is 6. The Morgan fingerprint density at radius 2 is 1.85 bits per heavy atom. The number of nitrogens with zero attached hydrogens (tertiary/aromatic N) is 2. The molecule has 2 aromatic rings. The molecule has 7 heteroatoms. The molecule has 1 N–H and O–H groups in total. The summed E-state index contributed by atoms with van der Waals surface area (Å²) in [6, 6.07) is 12.2. The Bertz CT molecular complexity index is 862. The van der Waals surface area contributed by atoms with Crippen molar-refractivity contribution in [2.24, 2.45) is 5.10 Å². The summed E-state index contributed by atoms with van der Waals surface area (Å²) >= 11 is 0. The van der Waals surface area contributed by atoms with Crippen LogP contribution in [0.1, 0.15) is 28.8 Å². The molecule has 1 fully saturated rings. The highest BCUT2D eigenvalue weighted by Crippen LogP contribution is 2.26. The zero-order valence-corrected chi connectivity index (χ0v) is 15.3. The van der Waals surface area contributed by atoms with Gasteiger partial charge in [0.15, 0.2) is 11.5 Å². The van der Waals surface area contributed by atoms with Crippen LogP contribution in [0.2, 0.25) is 0 Å². The molecular formula is C20H21N3O4. The molecule has 0 atom stereocenters. The van der Waals surface area contributed by atoms with Crippen molar-refractivity contribution < 1.29 is 19.1 Å². The summed E-state index contributed by atoms with van der Waals surface area (Å²) < 4.78 is 10.4. The molecule has 0 unspecified atom stereocenters. The van der Waals surface area contributed by atoms with E-state index in [1.165, 1.54) is 6.21 Å². The topological polar surface area (TPSA) is 80.2 Å². The van der Waals surface area contributed by atoms with Gasteiger partial charge in [-0.15, -0.1) is 0 Å². The van der Waals surface area contributed by atoms with Crippen LogP contribution in [0.4, 0.5) is 5.69 Å². The Labute approximate surface area is 157 Å². The van der Waals surface area contributed by atoms with Crippen molar-refractivity contribution in [1.82, 2.24) is 5.43 Å². The molecule has 0 spiro atoms. The highest BCUT2D eigenvalue weighted by atomic mass is 16.5. The van der Waals surface area contributed by atoms with Gasteiger partial charge in [-0.25, -0.2) is 5.43 Å². The van der Waals surface area contributed by atoms with Crippen LogP contribution in [-0.4, -0.2) is 38.8 Å². The lowest BCUT2D eigenvalue weighted by molar-refractivity contribution is -0.117. The fourth-order valence-corrected chi connectivity index (χ4v) is 2.88. The van der Waals surface area contributed by atoms with Crippen LogP contribution in [0.3, 0.4) is 0 Å². The van der Waals surface area contributed by atoms with Crippen LogP contribution in [0.25, 0.3) is 0 Å². The smallest absolute Gasteiger partial charge is 0.271 e. The molecular weight excluding hydrogens is 346 g/mol. The lowest BCUT2D eigenvalue weighted by Gasteiger charge is -2.15. The third-order valence-electron chi connectivity index (χ3n) is 4.30. The first-order chi connectivity index (χ1) is 13.1. The number of hydrazone groups is 1. The van der Waals surface area contributed by atoms with Crippen molar-refractivity contribution in [2.45, 2.75) is 12.8 Å². The maximum absolute atomic E-state index is 12.2. The summed E-state index contributed by atoms with van der Waals surface area (Å²) in [6.07, 6.45) is 2.97. The van der Waals surface area contributed by atoms with E-state index in [4.69, 9.17) is 9.47 Å². The van der Waals surface area contributed by atoms with Gasteiger partial charge in [0.1, 0.15) is 0 Å². The number of methoxy groups -OCH3 is 2. The van der Waals surface area contributed by atoms with E-state index in [1.54, 1.807) is 61.6 Å². The molecule has 0 aliphatic carbocycles. The van der Waals surface area contributed by atoms with Gasteiger partial charge < -0.3 is 14.4 Å². The van der Waals surface area contributed by atoms with Gasteiger partial charge in [0, 0.05) is 24.2 Å². The molecule has 27 heavy (non-hydrogen) atoms. The van der Waals surface area contributed by atoms with Gasteiger partial charge >= 0.3 is 0 Å². The van der Waals surface area contributed by atoms with Crippen LogP contribution in [0.15, 0.2) is 47.6 Å². The van der Waals surface area contributed by atoms with Crippen LogP contribution in [0.5, 0.6) is 11.5 Å². The maximum Gasteiger partial charge on any atom is 0.271 e. The summed E-state index contributed by atoms with van der Waals surface area (Å²) in [5.74, 6) is 0.993. The first-order valence-corrected chi connectivity index (χ1v) is 8.58. The Morgan fingerprint density at radius 3 is 2.48 bits per heavy atom. The van der Waals surface area contributed by atoms with E-state index in [1.807, 2.05) is 0 Å². The normalized spacial score (nSPS) is 13.9. The molecule has 0 radical (unpaired) electrons. The predicted octanol–water partition coefficient (Wildman–Crippen LogP) is 2.59. The molecule has 2 amide bonds. The summed E-state index contributed by atoms with van der Waals surface area (Å²) in [5, 5.41) is 3.98. The van der Waals surface area contributed by atoms with Crippen LogP contribution in [0, 0.1) is 0 Å². The molecule has 1 aliphatic heterocycles. The number of benzene rings is 2. The van der Waals surface area contributed by atoms with E-state index in [0.717, 1.165) is 24.2 Å². The fraction of sp³-hybridized carbons (Fsp3) is 0.250. The largest absolute Gasteiger partial charge is 0.493 e. The highest BCUT2D eigenvalue weighted by Gasteiger charge is 2.21. The van der Waals surface area contributed by atoms with E-state index in [0.29, 0.717) is 23.5 Å². The van der Waals surface area contributed by atoms with Crippen LogP contribution < -0.4 is 19.8 Å². The number of hydrogen-bond acceptors (Lipinski definition) is 5. The van der Waals surface area contributed by atoms with Gasteiger partial charge in [-0.1, -0.05) is 0 Å². The number of carbonyl (C=O) groups is 2. The van der Waals surface area contributed by atoms with E-state index < -0.39 is 0 Å². The van der Waals surface area contributed by atoms with Crippen LogP contribution in [-0.2, 0) is 4.79 Å². The minimum Gasteiger partial charge on any atom is -0.493 e. The molecule has 0 saturated carbocycles. The quantitative estimate of drug-likeness (QED) is 0.629. The minimum atomic E-state index is -0.328. The third kappa shape index (κ3) is 4.25. The van der Waals surface area contributed by atoms with E-state index in [-0.39, 0.29) is 11.8 Å². The fourth-order valence-electron chi connectivity index (χ4n) is 2.88. The molecule has 1 heterocycles. The van der Waals surface area contributed by atoms with Crippen molar-refractivity contribution in [3.63, 3.8) is 0 Å². The Hall–Kier alpha value is -3.35. The number of nitrogens with one attached hydrogen (secondary N) is 1. The monoisotopic (exact) mass is 367 g/mol. The lowest BCUT2D eigenvalue weighted by Crippen LogP contribution is -2.24. The number of hydrogen-bond donors (Lipinski definition) is 1. The molecule has 0 aromatic heterocycles. The third-order valence-corrected chi connectivity index (χ3v) is 4.30. The molecule has 1 aliphatic rings. The summed E-state index contributed by atoms with van der Waals surface area (Å²) in [6.45, 7) is 0.722. The Balaban J connectivity index is 1.62. The zero-order chi connectivity index (χ0) is 19.2. The molecule has 1 saturated heterocycles. The summed E-state index contributed by atoms with van der Waals surface area (Å²) in [5.41, 5.74) is 4.52. The zero-order valence-electron chi connectivity index (χ0n) is 15.3. The number of amides is 2. The van der Waals surface area contributed by atoms with E-state index in [9.17, 15) is 9.59 Å². The second-order valence-electron chi connectivity index (χ2n) is 6.01.